The van der Waals surface area contributed by atoms with E-state index in [1.54, 1.807) is 30.7 Å². The molecule has 2 aromatic heterocycles. The number of carbonyl (C=O) groups excluding carboxylic acids is 1. The normalized spacial score (nSPS) is 9.50. The van der Waals surface area contributed by atoms with Crippen LogP contribution < -0.4 is 11.1 Å². The second kappa shape index (κ2) is 6.45. The van der Waals surface area contributed by atoms with Crippen LogP contribution >= 0.6 is 0 Å². The molecule has 0 atom stereocenters. The van der Waals surface area contributed by atoms with Gasteiger partial charge in [0.25, 0.3) is 5.91 Å². The van der Waals surface area contributed by atoms with Crippen molar-refractivity contribution in [3.63, 3.8) is 0 Å². The molecule has 5 heteroatoms. The number of hydrogen-bond donors (Lipinski definition) is 2. The Balaban J connectivity index is 2.25. The summed E-state index contributed by atoms with van der Waals surface area (Å²) in [6, 6.07) is 5.27. The topological polar surface area (TPSA) is 80.9 Å². The summed E-state index contributed by atoms with van der Waals surface area (Å²) in [7, 11) is 0. The lowest BCUT2D eigenvalue weighted by Crippen LogP contribution is -2.14. The number of nitrogens with zero attached hydrogens (tertiary/aromatic N) is 2. The second-order valence-corrected chi connectivity index (χ2v) is 4.10. The molecular weight excluding hydrogens is 252 g/mol. The molecule has 20 heavy (non-hydrogen) atoms. The molecule has 0 radical (unpaired) electrons. The SMILES string of the molecule is Cc1ccnc(NC(=O)c2ccncc2C#CCN)c1. The van der Waals surface area contributed by atoms with Crippen molar-refractivity contribution in [2.24, 2.45) is 5.73 Å². The van der Waals surface area contributed by atoms with E-state index in [-0.39, 0.29) is 12.5 Å². The Bertz CT molecular complexity index is 686. The van der Waals surface area contributed by atoms with Crippen molar-refractivity contribution in [2.45, 2.75) is 6.92 Å². The van der Waals surface area contributed by atoms with Crippen molar-refractivity contribution in [2.75, 3.05) is 11.9 Å². The predicted molar refractivity (Wildman–Crippen MR) is 77.1 cm³/mol. The van der Waals surface area contributed by atoms with E-state index in [0.29, 0.717) is 16.9 Å². The smallest absolute Gasteiger partial charge is 0.258 e. The first-order valence-electron chi connectivity index (χ1n) is 6.07. The highest BCUT2D eigenvalue weighted by Gasteiger charge is 2.10. The van der Waals surface area contributed by atoms with E-state index in [1.165, 1.54) is 0 Å². The summed E-state index contributed by atoms with van der Waals surface area (Å²) in [5.41, 5.74) is 7.35. The quantitative estimate of drug-likeness (QED) is 0.804. The molecule has 0 unspecified atom stereocenters. The summed E-state index contributed by atoms with van der Waals surface area (Å²) in [4.78, 5) is 20.3. The molecule has 0 fully saturated rings. The summed E-state index contributed by atoms with van der Waals surface area (Å²) in [5, 5.41) is 2.74. The summed E-state index contributed by atoms with van der Waals surface area (Å²) in [6.07, 6.45) is 4.74. The zero-order valence-electron chi connectivity index (χ0n) is 11.1. The summed E-state index contributed by atoms with van der Waals surface area (Å²) < 4.78 is 0. The van der Waals surface area contributed by atoms with Gasteiger partial charge in [-0.25, -0.2) is 4.98 Å². The summed E-state index contributed by atoms with van der Waals surface area (Å²) >= 11 is 0. The average molecular weight is 266 g/mol. The lowest BCUT2D eigenvalue weighted by Gasteiger charge is -2.06. The third kappa shape index (κ3) is 3.40. The molecular formula is C15H14N4O. The van der Waals surface area contributed by atoms with Crippen LogP contribution in [0.5, 0.6) is 0 Å². The molecule has 100 valence electrons. The average Bonchev–Trinajstić information content (AvgIpc) is 2.45. The fourth-order valence-electron chi connectivity index (χ4n) is 1.63. The van der Waals surface area contributed by atoms with Crippen LogP contribution in [0.2, 0.25) is 0 Å². The number of aromatic nitrogens is 2. The standard InChI is InChI=1S/C15H14N4O/c1-11-4-8-18-14(9-11)19-15(20)13-5-7-17-10-12(13)3-2-6-16/h4-5,7-10H,6,16H2,1H3,(H,18,19,20). The van der Waals surface area contributed by atoms with E-state index >= 15 is 0 Å². The number of nitrogens with one attached hydrogen (secondary N) is 1. The Morgan fingerprint density at radius 2 is 2.25 bits per heavy atom. The summed E-state index contributed by atoms with van der Waals surface area (Å²) in [5.74, 6) is 5.78. The molecule has 0 aromatic carbocycles. The van der Waals surface area contributed by atoms with E-state index < -0.39 is 0 Å². The van der Waals surface area contributed by atoms with Crippen LogP contribution in [0.1, 0.15) is 21.5 Å². The van der Waals surface area contributed by atoms with Gasteiger partial charge in [0.05, 0.1) is 17.7 Å². The van der Waals surface area contributed by atoms with Gasteiger partial charge in [0.15, 0.2) is 0 Å². The monoisotopic (exact) mass is 266 g/mol. The number of anilines is 1. The Kier molecular flexibility index (Phi) is 4.43. The number of pyridine rings is 2. The third-order valence-corrected chi connectivity index (χ3v) is 2.55. The van der Waals surface area contributed by atoms with Crippen molar-refractivity contribution in [1.29, 1.82) is 0 Å². The minimum absolute atomic E-state index is 0.232. The largest absolute Gasteiger partial charge is 0.320 e. The highest BCUT2D eigenvalue weighted by molar-refractivity contribution is 6.05. The summed E-state index contributed by atoms with van der Waals surface area (Å²) in [6.45, 7) is 2.16. The van der Waals surface area contributed by atoms with Gasteiger partial charge in [-0.05, 0) is 30.7 Å². The van der Waals surface area contributed by atoms with Crippen molar-refractivity contribution < 1.29 is 4.79 Å². The number of nitrogens with two attached hydrogens (primary N) is 1. The predicted octanol–water partition coefficient (Wildman–Crippen LogP) is 1.35. The van der Waals surface area contributed by atoms with E-state index in [9.17, 15) is 4.79 Å². The second-order valence-electron chi connectivity index (χ2n) is 4.10. The molecule has 0 saturated heterocycles. The number of carbonyl (C=O) groups is 1. The van der Waals surface area contributed by atoms with Crippen LogP contribution in [0.15, 0.2) is 36.8 Å². The fourth-order valence-corrected chi connectivity index (χ4v) is 1.63. The van der Waals surface area contributed by atoms with Gasteiger partial charge < -0.3 is 11.1 Å². The molecule has 0 saturated carbocycles. The molecule has 5 nitrogen and oxygen atoms in total. The van der Waals surface area contributed by atoms with E-state index in [4.69, 9.17) is 5.73 Å². The molecule has 0 aliphatic rings. The zero-order chi connectivity index (χ0) is 14.4. The maximum atomic E-state index is 12.2. The van der Waals surface area contributed by atoms with Gasteiger partial charge >= 0.3 is 0 Å². The van der Waals surface area contributed by atoms with Crippen LogP contribution in [0.3, 0.4) is 0 Å². The van der Waals surface area contributed by atoms with E-state index in [0.717, 1.165) is 5.56 Å². The minimum atomic E-state index is -0.271. The van der Waals surface area contributed by atoms with Crippen molar-refractivity contribution in [1.82, 2.24) is 9.97 Å². The lowest BCUT2D eigenvalue weighted by atomic mass is 10.1. The van der Waals surface area contributed by atoms with Crippen LogP contribution in [-0.4, -0.2) is 22.4 Å². The molecule has 3 N–H and O–H groups in total. The number of hydrogen-bond acceptors (Lipinski definition) is 4. The lowest BCUT2D eigenvalue weighted by molar-refractivity contribution is 0.102. The third-order valence-electron chi connectivity index (χ3n) is 2.55. The van der Waals surface area contributed by atoms with Gasteiger partial charge in [-0.1, -0.05) is 11.8 Å². The first-order valence-corrected chi connectivity index (χ1v) is 6.07. The van der Waals surface area contributed by atoms with Crippen molar-refractivity contribution in [3.05, 3.63) is 53.5 Å². The van der Waals surface area contributed by atoms with E-state index in [2.05, 4.69) is 27.1 Å². The molecule has 0 aliphatic heterocycles. The van der Waals surface area contributed by atoms with Crippen LogP contribution in [0.4, 0.5) is 5.82 Å². The highest BCUT2D eigenvalue weighted by Crippen LogP contribution is 2.10. The maximum Gasteiger partial charge on any atom is 0.258 e. The molecule has 0 bridgehead atoms. The van der Waals surface area contributed by atoms with E-state index in [1.807, 2.05) is 13.0 Å². The first kappa shape index (κ1) is 13.7. The van der Waals surface area contributed by atoms with Gasteiger partial charge in [0.1, 0.15) is 5.82 Å². The number of rotatable bonds is 2. The molecule has 2 heterocycles. The molecule has 2 aromatic rings. The van der Waals surface area contributed by atoms with Gasteiger partial charge in [0.2, 0.25) is 0 Å². The highest BCUT2D eigenvalue weighted by atomic mass is 16.1. The van der Waals surface area contributed by atoms with Crippen molar-refractivity contribution in [3.8, 4) is 11.8 Å². The van der Waals surface area contributed by atoms with Gasteiger partial charge in [0, 0.05) is 18.6 Å². The molecule has 1 amide bonds. The number of amides is 1. The molecule has 0 aliphatic carbocycles. The number of aryl methyl sites for hydroxylation is 1. The van der Waals surface area contributed by atoms with Gasteiger partial charge in [-0.15, -0.1) is 0 Å². The Hall–Kier alpha value is -2.71. The fraction of sp³-hybridized carbons (Fsp3) is 0.133. The zero-order valence-corrected chi connectivity index (χ0v) is 11.1. The van der Waals surface area contributed by atoms with Crippen LogP contribution in [-0.2, 0) is 0 Å². The minimum Gasteiger partial charge on any atom is -0.320 e. The molecule has 2 rings (SSSR count). The van der Waals surface area contributed by atoms with Crippen LogP contribution in [0.25, 0.3) is 0 Å². The maximum absolute atomic E-state index is 12.2. The van der Waals surface area contributed by atoms with Crippen molar-refractivity contribution >= 4 is 11.7 Å². The molecule has 0 spiro atoms. The Labute approximate surface area is 117 Å². The first-order chi connectivity index (χ1) is 9.70. The van der Waals surface area contributed by atoms with Gasteiger partial charge in [-0.2, -0.15) is 0 Å². The van der Waals surface area contributed by atoms with Crippen LogP contribution in [0, 0.1) is 18.8 Å². The Morgan fingerprint density at radius 3 is 3.00 bits per heavy atom. The van der Waals surface area contributed by atoms with Gasteiger partial charge in [-0.3, -0.25) is 9.78 Å². The Morgan fingerprint density at radius 1 is 1.40 bits per heavy atom.